The lowest BCUT2D eigenvalue weighted by molar-refractivity contribution is 0.951. The maximum absolute atomic E-state index is 5.89. The van der Waals surface area contributed by atoms with Crippen LogP contribution in [0.25, 0.3) is 10.9 Å². The number of aromatic nitrogens is 2. The van der Waals surface area contributed by atoms with Gasteiger partial charge in [0.2, 0.25) is 0 Å². The molecule has 0 saturated carbocycles. The molecule has 0 spiro atoms. The van der Waals surface area contributed by atoms with E-state index in [1.54, 1.807) is 0 Å². The van der Waals surface area contributed by atoms with Crippen LogP contribution in [0.2, 0.25) is 5.02 Å². The summed E-state index contributed by atoms with van der Waals surface area (Å²) in [6.07, 6.45) is 0.820. The first-order chi connectivity index (χ1) is 6.70. The zero-order chi connectivity index (χ0) is 10.1. The lowest BCUT2D eigenvalue weighted by Gasteiger charge is -2.02. The molecule has 14 heavy (non-hydrogen) atoms. The van der Waals surface area contributed by atoms with E-state index in [0.29, 0.717) is 5.02 Å². The SMILES string of the molecule is CCc1nc(Br)c2ccc(Cl)cc2n1. The van der Waals surface area contributed by atoms with E-state index < -0.39 is 0 Å². The summed E-state index contributed by atoms with van der Waals surface area (Å²) in [7, 11) is 0. The third-order valence-corrected chi connectivity index (χ3v) is 2.81. The van der Waals surface area contributed by atoms with Gasteiger partial charge in [0, 0.05) is 16.8 Å². The Bertz CT molecular complexity index is 485. The fourth-order valence-electron chi connectivity index (χ4n) is 1.27. The zero-order valence-electron chi connectivity index (χ0n) is 7.59. The minimum atomic E-state index is 0.699. The van der Waals surface area contributed by atoms with E-state index in [1.807, 2.05) is 25.1 Å². The average Bonchev–Trinajstić information content (AvgIpc) is 2.16. The van der Waals surface area contributed by atoms with Gasteiger partial charge in [-0.25, -0.2) is 9.97 Å². The second kappa shape index (κ2) is 3.83. The number of halogens is 2. The summed E-state index contributed by atoms with van der Waals surface area (Å²) in [6, 6.07) is 5.60. The minimum absolute atomic E-state index is 0.699. The number of fused-ring (bicyclic) bond motifs is 1. The van der Waals surface area contributed by atoms with Gasteiger partial charge in [0.15, 0.2) is 0 Å². The van der Waals surface area contributed by atoms with E-state index in [9.17, 15) is 0 Å². The monoisotopic (exact) mass is 270 g/mol. The van der Waals surface area contributed by atoms with Gasteiger partial charge in [-0.1, -0.05) is 18.5 Å². The van der Waals surface area contributed by atoms with Crippen LogP contribution in [-0.2, 0) is 6.42 Å². The largest absolute Gasteiger partial charge is 0.233 e. The maximum atomic E-state index is 5.89. The highest BCUT2D eigenvalue weighted by Gasteiger charge is 2.04. The molecule has 0 bridgehead atoms. The standard InChI is InChI=1S/C10H8BrClN2/c1-2-9-13-8-5-6(12)3-4-7(8)10(11)14-9/h3-5H,2H2,1H3. The summed E-state index contributed by atoms with van der Waals surface area (Å²) in [4.78, 5) is 8.70. The minimum Gasteiger partial charge on any atom is -0.233 e. The fraction of sp³-hybridized carbons (Fsp3) is 0.200. The topological polar surface area (TPSA) is 25.8 Å². The maximum Gasteiger partial charge on any atom is 0.130 e. The molecule has 0 N–H and O–H groups in total. The zero-order valence-corrected chi connectivity index (χ0v) is 9.93. The number of nitrogens with zero attached hydrogens (tertiary/aromatic N) is 2. The molecular weight excluding hydrogens is 263 g/mol. The highest BCUT2D eigenvalue weighted by Crippen LogP contribution is 2.23. The van der Waals surface area contributed by atoms with Crippen molar-refractivity contribution in [1.82, 2.24) is 9.97 Å². The number of aryl methyl sites for hydroxylation is 1. The summed E-state index contributed by atoms with van der Waals surface area (Å²) in [5.41, 5.74) is 0.885. The van der Waals surface area contributed by atoms with Crippen molar-refractivity contribution in [3.8, 4) is 0 Å². The van der Waals surface area contributed by atoms with Crippen molar-refractivity contribution in [2.75, 3.05) is 0 Å². The van der Waals surface area contributed by atoms with Crippen molar-refractivity contribution in [2.24, 2.45) is 0 Å². The molecule has 1 aromatic heterocycles. The van der Waals surface area contributed by atoms with E-state index >= 15 is 0 Å². The molecule has 2 aromatic rings. The summed E-state index contributed by atoms with van der Waals surface area (Å²) < 4.78 is 0.830. The van der Waals surface area contributed by atoms with Gasteiger partial charge < -0.3 is 0 Å². The van der Waals surface area contributed by atoms with Crippen molar-refractivity contribution < 1.29 is 0 Å². The normalized spacial score (nSPS) is 10.8. The molecule has 0 aliphatic carbocycles. The van der Waals surface area contributed by atoms with Gasteiger partial charge in [0.25, 0.3) is 0 Å². The molecule has 0 radical (unpaired) electrons. The van der Waals surface area contributed by atoms with Crippen LogP contribution in [0.15, 0.2) is 22.8 Å². The molecular formula is C10H8BrClN2. The third kappa shape index (κ3) is 1.74. The summed E-state index contributed by atoms with van der Waals surface area (Å²) in [6.45, 7) is 2.03. The molecule has 0 fully saturated rings. The molecule has 4 heteroatoms. The number of hydrogen-bond acceptors (Lipinski definition) is 2. The number of rotatable bonds is 1. The van der Waals surface area contributed by atoms with E-state index in [0.717, 1.165) is 27.8 Å². The molecule has 72 valence electrons. The lowest BCUT2D eigenvalue weighted by Crippen LogP contribution is -1.94. The van der Waals surface area contributed by atoms with Crippen LogP contribution < -0.4 is 0 Å². The Morgan fingerprint density at radius 1 is 1.36 bits per heavy atom. The van der Waals surface area contributed by atoms with Gasteiger partial charge in [0.05, 0.1) is 5.52 Å². The summed E-state index contributed by atoms with van der Waals surface area (Å²) in [5.74, 6) is 0.826. The molecule has 0 aliphatic rings. The Balaban J connectivity index is 2.77. The Morgan fingerprint density at radius 3 is 2.86 bits per heavy atom. The van der Waals surface area contributed by atoms with Crippen LogP contribution in [0.3, 0.4) is 0 Å². The summed E-state index contributed by atoms with van der Waals surface area (Å²) in [5, 5.41) is 1.69. The molecule has 2 rings (SSSR count). The van der Waals surface area contributed by atoms with Gasteiger partial charge in [-0.3, -0.25) is 0 Å². The molecule has 1 aromatic carbocycles. The molecule has 1 heterocycles. The molecule has 0 atom stereocenters. The van der Waals surface area contributed by atoms with Crippen molar-refractivity contribution in [2.45, 2.75) is 13.3 Å². The van der Waals surface area contributed by atoms with Crippen molar-refractivity contribution in [3.05, 3.63) is 33.6 Å². The third-order valence-electron chi connectivity index (χ3n) is 1.97. The second-order valence-electron chi connectivity index (χ2n) is 2.95. The Labute approximate surface area is 95.5 Å². The molecule has 0 unspecified atom stereocenters. The van der Waals surface area contributed by atoms with Gasteiger partial charge in [-0.05, 0) is 34.1 Å². The van der Waals surface area contributed by atoms with Crippen molar-refractivity contribution in [1.29, 1.82) is 0 Å². The fourth-order valence-corrected chi connectivity index (χ4v) is 1.97. The first-order valence-corrected chi connectivity index (χ1v) is 5.49. The average molecular weight is 272 g/mol. The van der Waals surface area contributed by atoms with E-state index in [4.69, 9.17) is 11.6 Å². The highest BCUT2D eigenvalue weighted by atomic mass is 79.9. The molecule has 2 nitrogen and oxygen atoms in total. The van der Waals surface area contributed by atoms with Gasteiger partial charge in [-0.2, -0.15) is 0 Å². The van der Waals surface area contributed by atoms with Gasteiger partial charge in [0.1, 0.15) is 10.4 Å². The Morgan fingerprint density at radius 2 is 2.14 bits per heavy atom. The van der Waals surface area contributed by atoms with Crippen LogP contribution in [0.1, 0.15) is 12.7 Å². The van der Waals surface area contributed by atoms with E-state index in [2.05, 4.69) is 25.9 Å². The van der Waals surface area contributed by atoms with Crippen molar-refractivity contribution >= 4 is 38.4 Å². The Kier molecular flexibility index (Phi) is 2.70. The van der Waals surface area contributed by atoms with Gasteiger partial charge >= 0.3 is 0 Å². The molecule has 0 aliphatic heterocycles. The van der Waals surface area contributed by atoms with Crippen molar-refractivity contribution in [3.63, 3.8) is 0 Å². The predicted molar refractivity (Wildman–Crippen MR) is 61.6 cm³/mol. The van der Waals surface area contributed by atoms with Crippen LogP contribution in [0.5, 0.6) is 0 Å². The van der Waals surface area contributed by atoms with E-state index in [1.165, 1.54) is 0 Å². The second-order valence-corrected chi connectivity index (χ2v) is 4.13. The smallest absolute Gasteiger partial charge is 0.130 e. The quantitative estimate of drug-likeness (QED) is 0.741. The predicted octanol–water partition coefficient (Wildman–Crippen LogP) is 3.61. The molecule has 0 saturated heterocycles. The summed E-state index contributed by atoms with van der Waals surface area (Å²) >= 11 is 9.31. The van der Waals surface area contributed by atoms with Crippen LogP contribution in [0.4, 0.5) is 0 Å². The van der Waals surface area contributed by atoms with Crippen LogP contribution in [0, 0.1) is 0 Å². The van der Waals surface area contributed by atoms with E-state index in [-0.39, 0.29) is 0 Å². The Hall–Kier alpha value is -0.670. The first-order valence-electron chi connectivity index (χ1n) is 4.32. The van der Waals surface area contributed by atoms with Crippen LogP contribution in [-0.4, -0.2) is 9.97 Å². The van der Waals surface area contributed by atoms with Crippen LogP contribution >= 0.6 is 27.5 Å². The van der Waals surface area contributed by atoms with Gasteiger partial charge in [-0.15, -0.1) is 0 Å². The molecule has 0 amide bonds. The number of benzene rings is 1. The lowest BCUT2D eigenvalue weighted by atomic mass is 10.2. The first kappa shape index (κ1) is 9.87. The number of hydrogen-bond donors (Lipinski definition) is 0. The highest BCUT2D eigenvalue weighted by molar-refractivity contribution is 9.10.